The smallest absolute Gasteiger partial charge is 0.409 e. The first-order valence-electron chi connectivity index (χ1n) is 9.22. The number of amides is 3. The molecule has 1 aromatic rings. The van der Waals surface area contributed by atoms with Gasteiger partial charge in [-0.3, -0.25) is 0 Å². The molecule has 144 valence electrons. The van der Waals surface area contributed by atoms with Crippen molar-refractivity contribution in [3.05, 3.63) is 29.8 Å². The van der Waals surface area contributed by atoms with Gasteiger partial charge < -0.3 is 25.2 Å². The van der Waals surface area contributed by atoms with E-state index in [1.165, 1.54) is 12.7 Å². The number of nitrogens with zero attached hydrogens (tertiary/aromatic N) is 2. The minimum Gasteiger partial charge on any atom is -0.453 e. The molecule has 0 saturated carbocycles. The molecule has 0 spiro atoms. The third kappa shape index (κ3) is 5.82. The third-order valence-corrected chi connectivity index (χ3v) is 4.61. The molecule has 1 saturated heterocycles. The number of benzene rings is 1. The van der Waals surface area contributed by atoms with Crippen molar-refractivity contribution in [1.29, 1.82) is 0 Å². The van der Waals surface area contributed by atoms with Crippen LogP contribution in [0, 0.1) is 6.92 Å². The molecule has 26 heavy (non-hydrogen) atoms. The molecular formula is C19H30N4O3. The molecule has 7 nitrogen and oxygen atoms in total. The number of likely N-dealkylation sites (tertiary alicyclic amines) is 1. The van der Waals surface area contributed by atoms with Crippen molar-refractivity contribution in [1.82, 2.24) is 15.5 Å². The summed E-state index contributed by atoms with van der Waals surface area (Å²) >= 11 is 0. The van der Waals surface area contributed by atoms with Crippen LogP contribution < -0.4 is 15.5 Å². The molecule has 7 heteroatoms. The monoisotopic (exact) mass is 362 g/mol. The number of anilines is 1. The summed E-state index contributed by atoms with van der Waals surface area (Å²) in [6.45, 7) is 7.52. The molecule has 0 aliphatic carbocycles. The summed E-state index contributed by atoms with van der Waals surface area (Å²) in [5.74, 6) is 0. The number of carbonyl (C=O) groups excluding carboxylic acids is 2. The van der Waals surface area contributed by atoms with Gasteiger partial charge in [-0.25, -0.2) is 9.59 Å². The van der Waals surface area contributed by atoms with Crippen LogP contribution in [0.15, 0.2) is 24.3 Å². The maximum atomic E-state index is 12.1. The largest absolute Gasteiger partial charge is 0.453 e. The van der Waals surface area contributed by atoms with Crippen LogP contribution in [0.4, 0.5) is 15.3 Å². The maximum Gasteiger partial charge on any atom is 0.409 e. The van der Waals surface area contributed by atoms with Crippen molar-refractivity contribution < 1.29 is 14.3 Å². The van der Waals surface area contributed by atoms with Gasteiger partial charge in [0.05, 0.1) is 7.11 Å². The van der Waals surface area contributed by atoms with E-state index in [4.69, 9.17) is 4.74 Å². The van der Waals surface area contributed by atoms with Crippen molar-refractivity contribution in [3.8, 4) is 0 Å². The quantitative estimate of drug-likeness (QED) is 0.815. The Balaban J connectivity index is 1.75. The molecule has 1 aliphatic rings. The van der Waals surface area contributed by atoms with Crippen molar-refractivity contribution >= 4 is 17.8 Å². The van der Waals surface area contributed by atoms with Gasteiger partial charge in [-0.2, -0.15) is 0 Å². The lowest BCUT2D eigenvalue weighted by Crippen LogP contribution is -2.52. The van der Waals surface area contributed by atoms with Gasteiger partial charge in [0.15, 0.2) is 0 Å². The molecule has 0 bridgehead atoms. The highest BCUT2D eigenvalue weighted by atomic mass is 16.5. The van der Waals surface area contributed by atoms with Crippen molar-refractivity contribution in [2.75, 3.05) is 44.7 Å². The average Bonchev–Trinajstić information content (AvgIpc) is 2.64. The highest BCUT2D eigenvalue weighted by molar-refractivity contribution is 5.74. The first-order valence-corrected chi connectivity index (χ1v) is 9.22. The normalized spacial score (nSPS) is 16.7. The van der Waals surface area contributed by atoms with Gasteiger partial charge in [0, 0.05) is 44.5 Å². The highest BCUT2D eigenvalue weighted by Crippen LogP contribution is 2.15. The number of urea groups is 1. The summed E-state index contributed by atoms with van der Waals surface area (Å²) in [5, 5.41) is 5.86. The molecule has 1 fully saturated rings. The maximum absolute atomic E-state index is 12.1. The summed E-state index contributed by atoms with van der Waals surface area (Å²) in [6.07, 6.45) is 1.39. The number of rotatable bonds is 6. The Labute approximate surface area is 155 Å². The molecule has 2 N–H and O–H groups in total. The molecule has 2 rings (SSSR count). The van der Waals surface area contributed by atoms with E-state index in [1.807, 2.05) is 6.07 Å². The van der Waals surface area contributed by atoms with Crippen LogP contribution in [-0.2, 0) is 4.74 Å². The Bertz CT molecular complexity index is 608. The van der Waals surface area contributed by atoms with Gasteiger partial charge in [-0.1, -0.05) is 12.1 Å². The zero-order chi connectivity index (χ0) is 18.9. The fourth-order valence-electron chi connectivity index (χ4n) is 3.23. The van der Waals surface area contributed by atoms with Crippen LogP contribution in [0.3, 0.4) is 0 Å². The number of likely N-dealkylation sites (N-methyl/N-ethyl adjacent to an activating group) is 1. The molecule has 0 aromatic heterocycles. The van der Waals surface area contributed by atoms with E-state index in [9.17, 15) is 9.59 Å². The van der Waals surface area contributed by atoms with Crippen LogP contribution in [0.1, 0.15) is 25.3 Å². The van der Waals surface area contributed by atoms with E-state index < -0.39 is 0 Å². The van der Waals surface area contributed by atoms with Crippen molar-refractivity contribution in [2.45, 2.75) is 32.7 Å². The lowest BCUT2D eigenvalue weighted by Gasteiger charge is -2.32. The van der Waals surface area contributed by atoms with Gasteiger partial charge in [-0.15, -0.1) is 0 Å². The molecule has 1 aliphatic heterocycles. The lowest BCUT2D eigenvalue weighted by molar-refractivity contribution is 0.108. The lowest BCUT2D eigenvalue weighted by atomic mass is 10.1. The molecule has 3 amide bonds. The van der Waals surface area contributed by atoms with Crippen LogP contribution in [0.2, 0.25) is 0 Å². The van der Waals surface area contributed by atoms with Crippen LogP contribution >= 0.6 is 0 Å². The number of hydrogen-bond donors (Lipinski definition) is 2. The molecule has 1 aromatic carbocycles. The molecular weight excluding hydrogens is 332 g/mol. The van der Waals surface area contributed by atoms with Crippen LogP contribution in [0.25, 0.3) is 0 Å². The van der Waals surface area contributed by atoms with Crippen LogP contribution in [-0.4, -0.2) is 62.9 Å². The van der Waals surface area contributed by atoms with E-state index >= 15 is 0 Å². The first-order chi connectivity index (χ1) is 12.5. The number of aryl methyl sites for hydroxylation is 1. The summed E-state index contributed by atoms with van der Waals surface area (Å²) in [7, 11) is 1.37. The predicted molar refractivity (Wildman–Crippen MR) is 103 cm³/mol. The third-order valence-electron chi connectivity index (χ3n) is 4.61. The molecule has 1 unspecified atom stereocenters. The number of piperidine rings is 1. The minimum atomic E-state index is -0.339. The van der Waals surface area contributed by atoms with E-state index in [0.29, 0.717) is 19.6 Å². The molecule has 1 atom stereocenters. The van der Waals surface area contributed by atoms with Crippen molar-refractivity contribution in [2.24, 2.45) is 0 Å². The summed E-state index contributed by atoms with van der Waals surface area (Å²) < 4.78 is 4.75. The standard InChI is InChI=1S/C19H30N4O3/c1-4-22(17-9-5-7-15(2)13-17)12-10-20-18(24)21-16-8-6-11-23(14-16)19(25)26-3/h5,7,9,13,16H,4,6,8,10-12,14H2,1-3H3,(H2,20,21,24). The number of carbonyl (C=O) groups is 2. The Morgan fingerprint density at radius 2 is 2.19 bits per heavy atom. The predicted octanol–water partition coefficient (Wildman–Crippen LogP) is 2.35. The molecule has 0 radical (unpaired) electrons. The Hall–Kier alpha value is -2.44. The fraction of sp³-hybridized carbons (Fsp3) is 0.579. The second-order valence-electron chi connectivity index (χ2n) is 6.57. The number of methoxy groups -OCH3 is 1. The summed E-state index contributed by atoms with van der Waals surface area (Å²) in [4.78, 5) is 27.6. The summed E-state index contributed by atoms with van der Waals surface area (Å²) in [5.41, 5.74) is 2.38. The van der Waals surface area contributed by atoms with E-state index in [2.05, 4.69) is 47.6 Å². The number of nitrogens with one attached hydrogen (secondary N) is 2. The Morgan fingerprint density at radius 1 is 1.38 bits per heavy atom. The van der Waals surface area contributed by atoms with Gasteiger partial charge in [0.2, 0.25) is 0 Å². The second kappa shape index (κ2) is 9.89. The van der Waals surface area contributed by atoms with E-state index in [-0.39, 0.29) is 18.2 Å². The van der Waals surface area contributed by atoms with Gasteiger partial charge in [-0.05, 0) is 44.4 Å². The topological polar surface area (TPSA) is 73.9 Å². The zero-order valence-electron chi connectivity index (χ0n) is 16.0. The summed E-state index contributed by atoms with van der Waals surface area (Å²) in [6, 6.07) is 8.12. The van der Waals surface area contributed by atoms with E-state index in [0.717, 1.165) is 31.6 Å². The Morgan fingerprint density at radius 3 is 2.88 bits per heavy atom. The minimum absolute atomic E-state index is 0.0399. The zero-order valence-corrected chi connectivity index (χ0v) is 16.0. The van der Waals surface area contributed by atoms with Crippen LogP contribution in [0.5, 0.6) is 0 Å². The van der Waals surface area contributed by atoms with Crippen molar-refractivity contribution in [3.63, 3.8) is 0 Å². The SMILES string of the molecule is CCN(CCNC(=O)NC1CCCN(C(=O)OC)C1)c1cccc(C)c1. The molecule has 1 heterocycles. The van der Waals surface area contributed by atoms with Gasteiger partial charge in [0.25, 0.3) is 0 Å². The van der Waals surface area contributed by atoms with Gasteiger partial charge >= 0.3 is 12.1 Å². The Kier molecular flexibility index (Phi) is 7.56. The second-order valence-corrected chi connectivity index (χ2v) is 6.57. The number of hydrogen-bond acceptors (Lipinski definition) is 4. The number of ether oxygens (including phenoxy) is 1. The first kappa shape index (κ1) is 19.9. The van der Waals surface area contributed by atoms with Gasteiger partial charge in [0.1, 0.15) is 0 Å². The highest BCUT2D eigenvalue weighted by Gasteiger charge is 2.25. The van der Waals surface area contributed by atoms with E-state index in [1.54, 1.807) is 4.90 Å². The fourth-order valence-corrected chi connectivity index (χ4v) is 3.23. The average molecular weight is 362 g/mol.